The van der Waals surface area contributed by atoms with Crippen molar-refractivity contribution in [2.75, 3.05) is 13.7 Å². The first kappa shape index (κ1) is 21.0. The molecule has 1 amide bonds. The van der Waals surface area contributed by atoms with Gasteiger partial charge in [0.2, 0.25) is 0 Å². The number of likely N-dealkylation sites (N-methyl/N-ethyl adjacent to an activating group) is 1. The molecule has 28 heavy (non-hydrogen) atoms. The highest BCUT2D eigenvalue weighted by atomic mass is 35.5. The van der Waals surface area contributed by atoms with Crippen LogP contribution in [0.2, 0.25) is 10.0 Å². The van der Waals surface area contributed by atoms with Crippen molar-refractivity contribution in [2.24, 2.45) is 0 Å². The van der Waals surface area contributed by atoms with Crippen LogP contribution in [0, 0.1) is 0 Å². The van der Waals surface area contributed by atoms with Crippen molar-refractivity contribution in [2.45, 2.75) is 13.5 Å². The number of ether oxygens (including phenoxy) is 2. The molecule has 0 aliphatic carbocycles. The molecule has 2 aromatic rings. The van der Waals surface area contributed by atoms with Crippen LogP contribution in [-0.2, 0) is 11.4 Å². The lowest BCUT2D eigenvalue weighted by Gasteiger charge is -2.13. The van der Waals surface area contributed by atoms with Gasteiger partial charge in [0.05, 0.1) is 17.0 Å². The molecule has 0 unspecified atom stereocenters. The Kier molecular flexibility index (Phi) is 6.88. The Morgan fingerprint density at radius 2 is 2.00 bits per heavy atom. The van der Waals surface area contributed by atoms with E-state index in [1.807, 2.05) is 31.2 Å². The summed E-state index contributed by atoms with van der Waals surface area (Å²) in [6.45, 7) is 2.70. The summed E-state index contributed by atoms with van der Waals surface area (Å²) in [4.78, 5) is 14.6. The Hall–Kier alpha value is -1.73. The van der Waals surface area contributed by atoms with E-state index in [2.05, 4.69) is 0 Å². The van der Waals surface area contributed by atoms with E-state index >= 15 is 0 Å². The average Bonchev–Trinajstić information content (AvgIpc) is 2.95. The third kappa shape index (κ3) is 4.46. The SMILES string of the molecule is CCN1C(=O)C(=Cc2ccc(OC)c(COc3cccc(Cl)c3Cl)c2)SC1=S. The van der Waals surface area contributed by atoms with Crippen molar-refractivity contribution in [3.63, 3.8) is 0 Å². The molecule has 3 rings (SSSR count). The lowest BCUT2D eigenvalue weighted by Crippen LogP contribution is -2.27. The van der Waals surface area contributed by atoms with E-state index in [1.54, 1.807) is 30.2 Å². The summed E-state index contributed by atoms with van der Waals surface area (Å²) < 4.78 is 11.8. The minimum atomic E-state index is -0.0724. The molecule has 1 saturated heterocycles. The first-order valence-electron chi connectivity index (χ1n) is 8.43. The zero-order valence-corrected chi connectivity index (χ0v) is 18.3. The maximum atomic E-state index is 12.4. The van der Waals surface area contributed by atoms with Gasteiger partial charge in [0.1, 0.15) is 27.4 Å². The quantitative estimate of drug-likeness (QED) is 0.407. The van der Waals surface area contributed by atoms with Gasteiger partial charge in [0.15, 0.2) is 0 Å². The minimum absolute atomic E-state index is 0.0724. The smallest absolute Gasteiger partial charge is 0.266 e. The maximum absolute atomic E-state index is 12.4. The number of rotatable bonds is 6. The van der Waals surface area contributed by atoms with Crippen LogP contribution in [0.3, 0.4) is 0 Å². The van der Waals surface area contributed by atoms with Gasteiger partial charge >= 0.3 is 0 Å². The van der Waals surface area contributed by atoms with Gasteiger partial charge in [-0.3, -0.25) is 9.69 Å². The van der Waals surface area contributed by atoms with Crippen LogP contribution in [0.5, 0.6) is 11.5 Å². The summed E-state index contributed by atoms with van der Waals surface area (Å²) in [6.07, 6.45) is 1.82. The lowest BCUT2D eigenvalue weighted by molar-refractivity contribution is -0.121. The van der Waals surface area contributed by atoms with E-state index in [4.69, 9.17) is 44.9 Å². The second-order valence-electron chi connectivity index (χ2n) is 5.84. The van der Waals surface area contributed by atoms with Crippen LogP contribution >= 0.6 is 47.2 Å². The fraction of sp³-hybridized carbons (Fsp3) is 0.200. The predicted molar refractivity (Wildman–Crippen MR) is 119 cm³/mol. The second-order valence-corrected chi connectivity index (χ2v) is 8.30. The average molecular weight is 454 g/mol. The third-order valence-corrected chi connectivity index (χ3v) is 6.27. The molecule has 0 spiro atoms. The number of benzene rings is 2. The fourth-order valence-corrected chi connectivity index (χ4v) is 4.41. The number of halogens is 2. The number of amides is 1. The summed E-state index contributed by atoms with van der Waals surface area (Å²) in [6, 6.07) is 10.9. The summed E-state index contributed by atoms with van der Waals surface area (Å²) in [7, 11) is 1.59. The lowest BCUT2D eigenvalue weighted by atomic mass is 10.1. The topological polar surface area (TPSA) is 38.8 Å². The van der Waals surface area contributed by atoms with Crippen LogP contribution in [0.25, 0.3) is 6.08 Å². The van der Waals surface area contributed by atoms with E-state index in [0.29, 0.717) is 37.3 Å². The number of carbonyl (C=O) groups is 1. The summed E-state index contributed by atoms with van der Waals surface area (Å²) >= 11 is 18.8. The predicted octanol–water partition coefficient (Wildman–Crippen LogP) is 5.80. The standard InChI is InChI=1S/C20H17Cl2NO3S2/c1-3-23-19(24)17(28-20(23)27)10-12-7-8-15(25-2)13(9-12)11-26-16-6-4-5-14(21)18(16)22/h4-10H,3,11H2,1-2H3. The highest BCUT2D eigenvalue weighted by molar-refractivity contribution is 8.26. The van der Waals surface area contributed by atoms with Gasteiger partial charge in [-0.15, -0.1) is 0 Å². The third-order valence-electron chi connectivity index (χ3n) is 4.09. The van der Waals surface area contributed by atoms with E-state index < -0.39 is 0 Å². The summed E-state index contributed by atoms with van der Waals surface area (Å²) in [5.74, 6) is 1.10. The van der Waals surface area contributed by atoms with Crippen molar-refractivity contribution in [1.82, 2.24) is 4.90 Å². The highest BCUT2D eigenvalue weighted by Crippen LogP contribution is 2.34. The molecule has 0 N–H and O–H groups in total. The first-order valence-corrected chi connectivity index (χ1v) is 10.4. The monoisotopic (exact) mass is 453 g/mol. The molecule has 1 fully saturated rings. The van der Waals surface area contributed by atoms with Crippen LogP contribution in [0.15, 0.2) is 41.3 Å². The normalized spacial score (nSPS) is 15.4. The number of thiocarbonyl (C=S) groups is 1. The van der Waals surface area contributed by atoms with E-state index in [-0.39, 0.29) is 12.5 Å². The Balaban J connectivity index is 1.84. The van der Waals surface area contributed by atoms with Gasteiger partial charge < -0.3 is 9.47 Å². The molecule has 4 nitrogen and oxygen atoms in total. The van der Waals surface area contributed by atoms with Gasteiger partial charge in [-0.1, -0.05) is 59.3 Å². The van der Waals surface area contributed by atoms with Crippen LogP contribution in [0.4, 0.5) is 0 Å². The Labute approximate surface area is 183 Å². The van der Waals surface area contributed by atoms with Crippen molar-refractivity contribution >= 4 is 63.5 Å². The molecule has 0 saturated carbocycles. The molecule has 0 aromatic heterocycles. The van der Waals surface area contributed by atoms with Crippen molar-refractivity contribution < 1.29 is 14.3 Å². The summed E-state index contributed by atoms with van der Waals surface area (Å²) in [5, 5.41) is 0.792. The number of hydrogen-bond donors (Lipinski definition) is 0. The number of thioether (sulfide) groups is 1. The largest absolute Gasteiger partial charge is 0.496 e. The molecule has 1 aliphatic rings. The number of carbonyl (C=O) groups excluding carboxylic acids is 1. The fourth-order valence-electron chi connectivity index (χ4n) is 2.68. The van der Waals surface area contributed by atoms with Gasteiger partial charge in [0, 0.05) is 12.1 Å². The van der Waals surface area contributed by atoms with E-state index in [9.17, 15) is 4.79 Å². The number of methoxy groups -OCH3 is 1. The maximum Gasteiger partial charge on any atom is 0.266 e. The van der Waals surface area contributed by atoms with Crippen LogP contribution in [-0.4, -0.2) is 28.8 Å². The second kappa shape index (κ2) is 9.18. The zero-order chi connectivity index (χ0) is 20.3. The van der Waals surface area contributed by atoms with Crippen LogP contribution < -0.4 is 9.47 Å². The Morgan fingerprint density at radius 3 is 2.68 bits per heavy atom. The number of nitrogens with zero attached hydrogens (tertiary/aromatic N) is 1. The van der Waals surface area contributed by atoms with Crippen molar-refractivity contribution in [3.8, 4) is 11.5 Å². The van der Waals surface area contributed by atoms with Crippen LogP contribution in [0.1, 0.15) is 18.1 Å². The summed E-state index contributed by atoms with van der Waals surface area (Å²) in [5.41, 5.74) is 1.67. The van der Waals surface area contributed by atoms with Gasteiger partial charge in [-0.2, -0.15) is 0 Å². The molecule has 8 heteroatoms. The van der Waals surface area contributed by atoms with E-state index in [0.717, 1.165) is 11.1 Å². The number of hydrogen-bond acceptors (Lipinski definition) is 5. The molecule has 1 heterocycles. The minimum Gasteiger partial charge on any atom is -0.496 e. The molecule has 146 valence electrons. The Bertz CT molecular complexity index is 962. The highest BCUT2D eigenvalue weighted by Gasteiger charge is 2.30. The van der Waals surface area contributed by atoms with E-state index in [1.165, 1.54) is 11.8 Å². The van der Waals surface area contributed by atoms with Gasteiger partial charge in [0.25, 0.3) is 5.91 Å². The Morgan fingerprint density at radius 1 is 1.21 bits per heavy atom. The first-order chi connectivity index (χ1) is 13.4. The molecule has 2 aromatic carbocycles. The van der Waals surface area contributed by atoms with Crippen molar-refractivity contribution in [3.05, 3.63) is 62.5 Å². The zero-order valence-electron chi connectivity index (χ0n) is 15.2. The van der Waals surface area contributed by atoms with Crippen molar-refractivity contribution in [1.29, 1.82) is 0 Å². The molecule has 0 atom stereocenters. The van der Waals surface area contributed by atoms with Gasteiger partial charge in [-0.05, 0) is 42.8 Å². The molecular formula is C20H17Cl2NO3S2. The molecule has 1 aliphatic heterocycles. The molecule has 0 radical (unpaired) electrons. The van der Waals surface area contributed by atoms with Gasteiger partial charge in [-0.25, -0.2) is 0 Å². The molecule has 0 bridgehead atoms. The molecular weight excluding hydrogens is 437 g/mol.